The van der Waals surface area contributed by atoms with E-state index in [0.717, 1.165) is 19.4 Å². The summed E-state index contributed by atoms with van der Waals surface area (Å²) in [6, 6.07) is 0. The van der Waals surface area contributed by atoms with Crippen LogP contribution in [0, 0.1) is 0 Å². The molecule has 7 heteroatoms. The van der Waals surface area contributed by atoms with E-state index < -0.39 is 10.0 Å². The number of rotatable bonds is 4. The lowest BCUT2D eigenvalue weighted by Crippen LogP contribution is -2.47. The summed E-state index contributed by atoms with van der Waals surface area (Å²) in [5, 5.41) is 3.38. The Hall–Kier alpha value is -0.920. The Morgan fingerprint density at radius 1 is 1.65 bits per heavy atom. The van der Waals surface area contributed by atoms with E-state index in [4.69, 9.17) is 0 Å². The van der Waals surface area contributed by atoms with Crippen molar-refractivity contribution in [1.82, 2.24) is 19.6 Å². The van der Waals surface area contributed by atoms with Crippen LogP contribution in [0.2, 0.25) is 0 Å². The molecule has 17 heavy (non-hydrogen) atoms. The van der Waals surface area contributed by atoms with Gasteiger partial charge in [0.15, 0.2) is 5.03 Å². The van der Waals surface area contributed by atoms with Crippen LogP contribution in [0.3, 0.4) is 0 Å². The molecule has 0 amide bonds. The average molecular weight is 258 g/mol. The minimum atomic E-state index is -3.49. The molecule has 2 N–H and O–H groups in total. The van der Waals surface area contributed by atoms with Gasteiger partial charge in [0.05, 0.1) is 6.33 Å². The SMILES string of the molecule is Cn1cnc(S(=O)(=O)NCC2(C)CCCN2)c1. The minimum Gasteiger partial charge on any atom is -0.339 e. The van der Waals surface area contributed by atoms with Crippen LogP contribution < -0.4 is 10.0 Å². The first-order chi connectivity index (χ1) is 7.91. The lowest BCUT2D eigenvalue weighted by Gasteiger charge is -2.24. The van der Waals surface area contributed by atoms with Crippen LogP contribution in [-0.4, -0.2) is 36.6 Å². The van der Waals surface area contributed by atoms with Gasteiger partial charge in [0.2, 0.25) is 0 Å². The summed E-state index contributed by atoms with van der Waals surface area (Å²) in [4.78, 5) is 3.85. The van der Waals surface area contributed by atoms with Crippen LogP contribution in [0.15, 0.2) is 17.6 Å². The fourth-order valence-electron chi connectivity index (χ4n) is 1.96. The normalized spacial score (nSPS) is 25.3. The molecule has 1 fully saturated rings. The number of imidazole rings is 1. The number of hydrogen-bond donors (Lipinski definition) is 2. The molecule has 2 heterocycles. The van der Waals surface area contributed by atoms with Gasteiger partial charge in [-0.15, -0.1) is 0 Å². The molecule has 1 aliphatic heterocycles. The maximum Gasteiger partial charge on any atom is 0.259 e. The van der Waals surface area contributed by atoms with Gasteiger partial charge in [-0.05, 0) is 26.3 Å². The Bertz CT molecular complexity index is 488. The summed E-state index contributed by atoms with van der Waals surface area (Å²) in [5.74, 6) is 0. The Morgan fingerprint density at radius 3 is 2.94 bits per heavy atom. The molecule has 1 saturated heterocycles. The molecule has 6 nitrogen and oxygen atoms in total. The summed E-state index contributed by atoms with van der Waals surface area (Å²) < 4.78 is 28.1. The molecule has 0 saturated carbocycles. The highest BCUT2D eigenvalue weighted by Gasteiger charge is 2.30. The molecule has 0 radical (unpaired) electrons. The number of nitrogens with zero attached hydrogens (tertiary/aromatic N) is 2. The summed E-state index contributed by atoms with van der Waals surface area (Å²) in [6.45, 7) is 3.37. The summed E-state index contributed by atoms with van der Waals surface area (Å²) in [6.07, 6.45) is 5.04. The van der Waals surface area contributed by atoms with Gasteiger partial charge in [-0.1, -0.05) is 0 Å². The lowest BCUT2D eigenvalue weighted by molar-refractivity contribution is 0.409. The Labute approximate surface area is 101 Å². The van der Waals surface area contributed by atoms with Crippen LogP contribution in [-0.2, 0) is 17.1 Å². The van der Waals surface area contributed by atoms with Gasteiger partial charge in [0.25, 0.3) is 10.0 Å². The van der Waals surface area contributed by atoms with E-state index >= 15 is 0 Å². The molecular formula is C10H18N4O2S. The van der Waals surface area contributed by atoms with Crippen molar-refractivity contribution in [3.8, 4) is 0 Å². The van der Waals surface area contributed by atoms with E-state index in [2.05, 4.69) is 15.0 Å². The zero-order valence-electron chi connectivity index (χ0n) is 10.1. The highest BCUT2D eigenvalue weighted by molar-refractivity contribution is 7.89. The molecule has 1 aromatic heterocycles. The first-order valence-corrected chi connectivity index (χ1v) is 7.12. The second-order valence-electron chi connectivity index (χ2n) is 4.79. The standard InChI is InChI=1S/C10H18N4O2S/c1-10(4-3-5-12-10)7-13-17(15,16)9-6-14(2)8-11-9/h6,8,12-13H,3-5,7H2,1-2H3. The Kier molecular flexibility index (Phi) is 3.24. The van der Waals surface area contributed by atoms with Gasteiger partial charge in [0.1, 0.15) is 0 Å². The number of sulfonamides is 1. The second-order valence-corrected chi connectivity index (χ2v) is 6.51. The van der Waals surface area contributed by atoms with Crippen molar-refractivity contribution in [2.24, 2.45) is 7.05 Å². The molecule has 0 bridgehead atoms. The van der Waals surface area contributed by atoms with Crippen molar-refractivity contribution in [2.75, 3.05) is 13.1 Å². The number of aryl methyl sites for hydroxylation is 1. The smallest absolute Gasteiger partial charge is 0.259 e. The lowest BCUT2D eigenvalue weighted by atomic mass is 10.0. The molecule has 1 aliphatic rings. The van der Waals surface area contributed by atoms with Gasteiger partial charge in [-0.2, -0.15) is 0 Å². The van der Waals surface area contributed by atoms with E-state index in [1.54, 1.807) is 11.6 Å². The minimum absolute atomic E-state index is 0.0709. The van der Waals surface area contributed by atoms with Gasteiger partial charge < -0.3 is 9.88 Å². The van der Waals surface area contributed by atoms with Crippen LogP contribution in [0.5, 0.6) is 0 Å². The molecule has 1 atom stereocenters. The molecule has 1 unspecified atom stereocenters. The van der Waals surface area contributed by atoms with Crippen LogP contribution >= 0.6 is 0 Å². The van der Waals surface area contributed by atoms with Crippen molar-refractivity contribution in [1.29, 1.82) is 0 Å². The van der Waals surface area contributed by atoms with Crippen LogP contribution in [0.4, 0.5) is 0 Å². The Morgan fingerprint density at radius 2 is 2.41 bits per heavy atom. The monoisotopic (exact) mass is 258 g/mol. The van der Waals surface area contributed by atoms with Crippen molar-refractivity contribution < 1.29 is 8.42 Å². The highest BCUT2D eigenvalue weighted by atomic mass is 32.2. The third-order valence-corrected chi connectivity index (χ3v) is 4.35. The second kappa shape index (κ2) is 4.40. The van der Waals surface area contributed by atoms with Crippen molar-refractivity contribution in [3.63, 3.8) is 0 Å². The fraction of sp³-hybridized carbons (Fsp3) is 0.700. The molecule has 1 aromatic rings. The van der Waals surface area contributed by atoms with Crippen molar-refractivity contribution >= 4 is 10.0 Å². The van der Waals surface area contributed by atoms with Gasteiger partial charge in [-0.3, -0.25) is 0 Å². The first-order valence-electron chi connectivity index (χ1n) is 5.64. The first kappa shape index (κ1) is 12.5. The molecule has 0 aliphatic carbocycles. The predicted octanol–water partition coefficient (Wildman–Crippen LogP) is -0.159. The predicted molar refractivity (Wildman–Crippen MR) is 64.0 cm³/mol. The summed E-state index contributed by atoms with van der Waals surface area (Å²) >= 11 is 0. The summed E-state index contributed by atoms with van der Waals surface area (Å²) in [7, 11) is -1.75. The molecule has 96 valence electrons. The fourth-order valence-corrected chi connectivity index (χ4v) is 3.11. The van der Waals surface area contributed by atoms with E-state index in [0.29, 0.717) is 6.54 Å². The molecule has 2 rings (SSSR count). The van der Waals surface area contributed by atoms with E-state index in [1.165, 1.54) is 12.5 Å². The van der Waals surface area contributed by atoms with E-state index in [1.807, 2.05) is 6.92 Å². The van der Waals surface area contributed by atoms with E-state index in [9.17, 15) is 8.42 Å². The largest absolute Gasteiger partial charge is 0.339 e. The topological polar surface area (TPSA) is 76.0 Å². The molecule has 0 spiro atoms. The number of nitrogens with one attached hydrogen (secondary N) is 2. The van der Waals surface area contributed by atoms with Gasteiger partial charge >= 0.3 is 0 Å². The highest BCUT2D eigenvalue weighted by Crippen LogP contribution is 2.18. The van der Waals surface area contributed by atoms with Crippen LogP contribution in [0.25, 0.3) is 0 Å². The molecular weight excluding hydrogens is 240 g/mol. The van der Waals surface area contributed by atoms with Crippen LogP contribution in [0.1, 0.15) is 19.8 Å². The van der Waals surface area contributed by atoms with Gasteiger partial charge in [0, 0.05) is 25.3 Å². The van der Waals surface area contributed by atoms with Crippen molar-refractivity contribution in [3.05, 3.63) is 12.5 Å². The quantitative estimate of drug-likeness (QED) is 0.787. The average Bonchev–Trinajstić information content (AvgIpc) is 2.86. The third-order valence-electron chi connectivity index (χ3n) is 3.07. The maximum absolute atomic E-state index is 11.9. The van der Waals surface area contributed by atoms with E-state index in [-0.39, 0.29) is 10.6 Å². The number of hydrogen-bond acceptors (Lipinski definition) is 4. The zero-order chi connectivity index (χ0) is 12.5. The Balaban J connectivity index is 2.03. The molecule has 0 aromatic carbocycles. The maximum atomic E-state index is 11.9. The number of aromatic nitrogens is 2. The summed E-state index contributed by atoms with van der Waals surface area (Å²) in [5.41, 5.74) is -0.137. The third kappa shape index (κ3) is 2.85. The zero-order valence-corrected chi connectivity index (χ0v) is 10.9. The van der Waals surface area contributed by atoms with Gasteiger partial charge in [-0.25, -0.2) is 18.1 Å². The van der Waals surface area contributed by atoms with Crippen molar-refractivity contribution in [2.45, 2.75) is 30.3 Å².